The number of esters is 2. The monoisotopic (exact) mass is 1000 g/mol. The Hall–Kier alpha value is -1.36. The number of fused-ring (bicyclic) bond motifs is 5. The maximum atomic E-state index is 13.3. The first-order valence-corrected chi connectivity index (χ1v) is 32.7. The van der Waals surface area contributed by atoms with Crippen LogP contribution in [0.1, 0.15) is 312 Å². The first-order valence-electron chi connectivity index (χ1n) is 32.7. The molecule has 0 radical (unpaired) electrons. The Kier molecular flexibility index (Phi) is 28.8. The third kappa shape index (κ3) is 19.9. The molecule has 1 heterocycles. The SMILES string of the molecule is CCCCCCCCC(CCCCCCCC)OC(=O)CCCCCCC(CCCCCC(=O)OC1CCC2(C)C(=CCC3C2CCC2(C)C(C(C)CCC(CC)C(C)C)CCC32)C1)CCN1CCCCC1. The second-order valence-electron chi connectivity index (χ2n) is 26.6. The Labute approximate surface area is 447 Å². The van der Waals surface area contributed by atoms with Crippen LogP contribution >= 0.6 is 0 Å². The lowest BCUT2D eigenvalue weighted by molar-refractivity contribution is -0.152. The summed E-state index contributed by atoms with van der Waals surface area (Å²) in [6.07, 6.45) is 51.9. The summed E-state index contributed by atoms with van der Waals surface area (Å²) in [7, 11) is 0. The molecule has 0 amide bonds. The number of hydrogen-bond donors (Lipinski definition) is 0. The molecule has 5 aliphatic rings. The molecule has 0 aromatic carbocycles. The lowest BCUT2D eigenvalue weighted by Crippen LogP contribution is -2.51. The highest BCUT2D eigenvalue weighted by atomic mass is 16.5. The molecule has 5 rings (SSSR count). The van der Waals surface area contributed by atoms with E-state index in [9.17, 15) is 9.59 Å². The van der Waals surface area contributed by atoms with Gasteiger partial charge >= 0.3 is 11.9 Å². The fourth-order valence-electron chi connectivity index (χ4n) is 16.4. The van der Waals surface area contributed by atoms with Crippen LogP contribution in [0.15, 0.2) is 11.6 Å². The Morgan fingerprint density at radius 3 is 1.86 bits per heavy atom. The van der Waals surface area contributed by atoms with Gasteiger partial charge in [0.1, 0.15) is 12.2 Å². The van der Waals surface area contributed by atoms with Gasteiger partial charge in [-0.1, -0.05) is 195 Å². The predicted octanol–water partition coefficient (Wildman–Crippen LogP) is 19.8. The maximum absolute atomic E-state index is 13.3. The van der Waals surface area contributed by atoms with Gasteiger partial charge in [-0.2, -0.15) is 0 Å². The number of rotatable bonds is 38. The molecule has 10 atom stereocenters. The molecule has 5 heteroatoms. The summed E-state index contributed by atoms with van der Waals surface area (Å²) in [6, 6.07) is 0. The highest BCUT2D eigenvalue weighted by Gasteiger charge is 2.59. The molecule has 3 saturated carbocycles. The molecule has 0 spiro atoms. The van der Waals surface area contributed by atoms with Crippen molar-refractivity contribution in [2.75, 3.05) is 19.6 Å². The Morgan fingerprint density at radius 2 is 1.22 bits per heavy atom. The van der Waals surface area contributed by atoms with Crippen LogP contribution in [0.2, 0.25) is 0 Å². The van der Waals surface area contributed by atoms with E-state index in [-0.39, 0.29) is 24.1 Å². The highest BCUT2D eigenvalue weighted by Crippen LogP contribution is 2.67. The lowest BCUT2D eigenvalue weighted by Gasteiger charge is -2.58. The van der Waals surface area contributed by atoms with E-state index in [0.717, 1.165) is 98.7 Å². The van der Waals surface area contributed by atoms with Crippen molar-refractivity contribution in [3.63, 3.8) is 0 Å². The standard InChI is InChI=1S/C67H121NO4/c1-9-12-14-16-18-26-34-58(35-27-19-17-15-13-10-2)71-64(69)36-28-21-20-24-32-55(46-51-68-49-30-23-31-50-68)33-25-22-29-37-65(70)72-59-44-47-66(7)57(52-59)40-41-60-62-43-42-61(67(62,8)48-45-63(60)66)54(6)38-39-56(11-3)53(4)5/h40,53-56,58-63H,9-39,41-52H2,1-8H3. The van der Waals surface area contributed by atoms with Crippen LogP contribution in [0.5, 0.6) is 0 Å². The Balaban J connectivity index is 0.981. The van der Waals surface area contributed by atoms with E-state index in [2.05, 4.69) is 66.4 Å². The van der Waals surface area contributed by atoms with Gasteiger partial charge in [-0.3, -0.25) is 9.59 Å². The molecule has 0 aromatic rings. The molecular weight excluding hydrogens is 883 g/mol. The summed E-state index contributed by atoms with van der Waals surface area (Å²) < 4.78 is 12.5. The van der Waals surface area contributed by atoms with E-state index in [4.69, 9.17) is 9.47 Å². The Morgan fingerprint density at radius 1 is 0.625 bits per heavy atom. The van der Waals surface area contributed by atoms with Crippen molar-refractivity contribution in [3.05, 3.63) is 11.6 Å². The van der Waals surface area contributed by atoms with Crippen LogP contribution in [0, 0.1) is 58.2 Å². The van der Waals surface area contributed by atoms with Crippen LogP contribution in [-0.4, -0.2) is 48.7 Å². The molecular formula is C67H121NO4. The van der Waals surface area contributed by atoms with Gasteiger partial charge in [0.15, 0.2) is 0 Å². The summed E-state index contributed by atoms with van der Waals surface area (Å²) in [6.45, 7) is 23.6. The zero-order chi connectivity index (χ0) is 51.6. The van der Waals surface area contributed by atoms with Crippen LogP contribution < -0.4 is 0 Å². The fourth-order valence-corrected chi connectivity index (χ4v) is 16.4. The molecule has 0 N–H and O–H groups in total. The van der Waals surface area contributed by atoms with Crippen molar-refractivity contribution >= 4 is 11.9 Å². The van der Waals surface area contributed by atoms with Gasteiger partial charge in [0.2, 0.25) is 0 Å². The second kappa shape index (κ2) is 33.7. The number of nitrogens with zero attached hydrogens (tertiary/aromatic N) is 1. The van der Waals surface area contributed by atoms with Gasteiger partial charge in [0.05, 0.1) is 0 Å². The van der Waals surface area contributed by atoms with Crippen LogP contribution in [0.3, 0.4) is 0 Å². The van der Waals surface area contributed by atoms with Crippen LogP contribution in [0.4, 0.5) is 0 Å². The minimum Gasteiger partial charge on any atom is -0.462 e. The van der Waals surface area contributed by atoms with Crippen molar-refractivity contribution in [1.29, 1.82) is 0 Å². The molecule has 1 saturated heterocycles. The van der Waals surface area contributed by atoms with Gasteiger partial charge < -0.3 is 14.4 Å². The molecule has 0 bridgehead atoms. The molecule has 0 aromatic heterocycles. The minimum absolute atomic E-state index is 0.0488. The fraction of sp³-hybridized carbons (Fsp3) is 0.940. The number of hydrogen-bond acceptors (Lipinski definition) is 5. The van der Waals surface area contributed by atoms with E-state index in [0.29, 0.717) is 23.7 Å². The smallest absolute Gasteiger partial charge is 0.306 e. The summed E-state index contributed by atoms with van der Waals surface area (Å²) in [5.74, 6) is 6.83. The lowest BCUT2D eigenvalue weighted by atomic mass is 9.47. The zero-order valence-electron chi connectivity index (χ0n) is 49.3. The van der Waals surface area contributed by atoms with Gasteiger partial charge in [-0.15, -0.1) is 0 Å². The molecule has 5 nitrogen and oxygen atoms in total. The summed E-state index contributed by atoms with van der Waals surface area (Å²) in [4.78, 5) is 29.1. The normalized spacial score (nSPS) is 27.8. The Bertz CT molecular complexity index is 1480. The van der Waals surface area contributed by atoms with Crippen molar-refractivity contribution in [1.82, 2.24) is 4.90 Å². The van der Waals surface area contributed by atoms with E-state index >= 15 is 0 Å². The molecule has 72 heavy (non-hydrogen) atoms. The third-order valence-electron chi connectivity index (χ3n) is 21.2. The van der Waals surface area contributed by atoms with Gasteiger partial charge in [-0.05, 0) is 187 Å². The summed E-state index contributed by atoms with van der Waals surface area (Å²) in [5.41, 5.74) is 2.45. The van der Waals surface area contributed by atoms with E-state index in [1.54, 1.807) is 5.57 Å². The van der Waals surface area contributed by atoms with Gasteiger partial charge in [-0.25, -0.2) is 0 Å². The molecule has 4 fully saturated rings. The maximum Gasteiger partial charge on any atom is 0.306 e. The van der Waals surface area contributed by atoms with Crippen LogP contribution in [0.25, 0.3) is 0 Å². The number of unbranched alkanes of at least 4 members (excludes halogenated alkanes) is 15. The molecule has 10 unspecified atom stereocenters. The van der Waals surface area contributed by atoms with Crippen molar-refractivity contribution in [2.24, 2.45) is 58.2 Å². The van der Waals surface area contributed by atoms with E-state index in [1.165, 1.54) is 212 Å². The largest absolute Gasteiger partial charge is 0.462 e. The molecule has 4 aliphatic carbocycles. The molecule has 1 aliphatic heterocycles. The van der Waals surface area contributed by atoms with Crippen molar-refractivity contribution < 1.29 is 19.1 Å². The summed E-state index contributed by atoms with van der Waals surface area (Å²) >= 11 is 0. The second-order valence-corrected chi connectivity index (χ2v) is 26.6. The van der Waals surface area contributed by atoms with Crippen LogP contribution in [-0.2, 0) is 19.1 Å². The van der Waals surface area contributed by atoms with E-state index < -0.39 is 0 Å². The minimum atomic E-state index is 0.0488. The first-order chi connectivity index (χ1) is 34.9. The average Bonchev–Trinajstić information content (AvgIpc) is 3.73. The number of likely N-dealkylation sites (tertiary alicyclic amines) is 1. The zero-order valence-corrected chi connectivity index (χ0v) is 49.3. The predicted molar refractivity (Wildman–Crippen MR) is 307 cm³/mol. The van der Waals surface area contributed by atoms with Gasteiger partial charge in [0.25, 0.3) is 0 Å². The van der Waals surface area contributed by atoms with Gasteiger partial charge in [0, 0.05) is 19.3 Å². The third-order valence-corrected chi connectivity index (χ3v) is 21.2. The number of carbonyl (C=O) groups is 2. The molecule has 418 valence electrons. The average molecular weight is 1000 g/mol. The number of carbonyl (C=O) groups excluding carboxylic acids is 2. The van der Waals surface area contributed by atoms with Crippen molar-refractivity contribution in [2.45, 2.75) is 324 Å². The summed E-state index contributed by atoms with van der Waals surface area (Å²) in [5, 5.41) is 0. The highest BCUT2D eigenvalue weighted by molar-refractivity contribution is 5.69. The van der Waals surface area contributed by atoms with E-state index in [1.807, 2.05) is 0 Å². The number of ether oxygens (including phenoxy) is 2. The first kappa shape index (κ1) is 61.5. The number of piperidine rings is 1. The van der Waals surface area contributed by atoms with Crippen molar-refractivity contribution in [3.8, 4) is 0 Å². The quantitative estimate of drug-likeness (QED) is 0.0350. The number of allylic oxidation sites excluding steroid dienone is 1. The topological polar surface area (TPSA) is 55.8 Å².